The van der Waals surface area contributed by atoms with Gasteiger partial charge in [-0.1, -0.05) is 26.0 Å². The molecule has 5 heteroatoms. The van der Waals surface area contributed by atoms with Crippen molar-refractivity contribution in [3.05, 3.63) is 47.5 Å². The number of aliphatic hydroxyl groups is 1. The van der Waals surface area contributed by atoms with Gasteiger partial charge >= 0.3 is 0 Å². The largest absolute Gasteiger partial charge is 0.493 e. The maximum Gasteiger partial charge on any atom is 0.160 e. The van der Waals surface area contributed by atoms with E-state index in [0.29, 0.717) is 35.8 Å². The average molecular weight is 391 g/mol. The maximum absolute atomic E-state index is 10.3. The molecule has 2 aromatic rings. The molecule has 156 valence electrons. The predicted octanol–water partition coefficient (Wildman–Crippen LogP) is 4.67. The Labute approximate surface area is 169 Å². The molecule has 0 bridgehead atoms. The monoisotopic (exact) mass is 390 g/mol. The molecule has 0 saturated heterocycles. The first-order chi connectivity index (χ1) is 13.6. The average Bonchev–Trinajstić information content (AvgIpc) is 2.76. The van der Waals surface area contributed by atoms with Gasteiger partial charge in [0.1, 0.15) is 0 Å². The molecule has 0 unspecified atom stereocenters. The normalized spacial score (nSPS) is 10.1. The molecule has 5 nitrogen and oxygen atoms in total. The fraction of sp³-hybridized carbons (Fsp3) is 0.478. The highest BCUT2D eigenvalue weighted by Crippen LogP contribution is 2.29. The van der Waals surface area contributed by atoms with Crippen LogP contribution in [0.2, 0.25) is 0 Å². The Balaban J connectivity index is 0.00000190. The first kappa shape index (κ1) is 23.6. The lowest BCUT2D eigenvalue weighted by Gasteiger charge is -2.13. The quantitative estimate of drug-likeness (QED) is 0.639. The van der Waals surface area contributed by atoms with E-state index < -0.39 is 0 Å². The number of hydrogen-bond donors (Lipinski definition) is 1. The van der Waals surface area contributed by atoms with Gasteiger partial charge in [-0.3, -0.25) is 0 Å². The lowest BCUT2D eigenvalue weighted by molar-refractivity contribution is 0.155. The van der Waals surface area contributed by atoms with Crippen LogP contribution in [0.4, 0.5) is 0 Å². The van der Waals surface area contributed by atoms with Gasteiger partial charge in [0, 0.05) is 0 Å². The van der Waals surface area contributed by atoms with Gasteiger partial charge in [-0.25, -0.2) is 0 Å². The van der Waals surface area contributed by atoms with Crippen molar-refractivity contribution in [2.45, 2.75) is 45.6 Å². The Morgan fingerprint density at radius 2 is 1.00 bits per heavy atom. The number of benzene rings is 2. The highest BCUT2D eigenvalue weighted by atomic mass is 16.5. The van der Waals surface area contributed by atoms with Crippen molar-refractivity contribution < 1.29 is 24.1 Å². The van der Waals surface area contributed by atoms with E-state index in [1.807, 2.05) is 50.2 Å². The summed E-state index contributed by atoms with van der Waals surface area (Å²) in [7, 11) is 6.49. The van der Waals surface area contributed by atoms with Crippen molar-refractivity contribution in [2.75, 3.05) is 28.4 Å². The molecule has 0 amide bonds. The minimum atomic E-state index is -0.365. The zero-order valence-corrected chi connectivity index (χ0v) is 18.0. The first-order valence-corrected chi connectivity index (χ1v) is 9.71. The Bertz CT molecular complexity index is 640. The SMILES string of the molecule is CC.COc1ccc(CCC(O)CCc2ccc(OC)c(OC)c2)cc1OC. The Kier molecular flexibility index (Phi) is 10.9. The smallest absolute Gasteiger partial charge is 0.160 e. The molecule has 1 N–H and O–H groups in total. The van der Waals surface area contributed by atoms with Crippen LogP contribution < -0.4 is 18.9 Å². The molecule has 0 heterocycles. The third-order valence-corrected chi connectivity index (χ3v) is 4.43. The minimum absolute atomic E-state index is 0.365. The summed E-state index contributed by atoms with van der Waals surface area (Å²) in [6.07, 6.45) is 2.60. The zero-order chi connectivity index (χ0) is 20.9. The highest BCUT2D eigenvalue weighted by Gasteiger charge is 2.10. The fourth-order valence-corrected chi connectivity index (χ4v) is 2.88. The molecule has 0 spiro atoms. The van der Waals surface area contributed by atoms with Gasteiger partial charge in [0.15, 0.2) is 23.0 Å². The molecule has 0 fully saturated rings. The second-order valence-electron chi connectivity index (χ2n) is 6.11. The summed E-state index contributed by atoms with van der Waals surface area (Å²) in [6.45, 7) is 4.00. The number of hydrogen-bond acceptors (Lipinski definition) is 5. The maximum atomic E-state index is 10.3. The van der Waals surface area contributed by atoms with Crippen molar-refractivity contribution in [2.24, 2.45) is 0 Å². The summed E-state index contributed by atoms with van der Waals surface area (Å²) in [5.41, 5.74) is 2.24. The second-order valence-corrected chi connectivity index (χ2v) is 6.11. The highest BCUT2D eigenvalue weighted by molar-refractivity contribution is 5.43. The van der Waals surface area contributed by atoms with Crippen LogP contribution in [0.15, 0.2) is 36.4 Å². The molecule has 2 rings (SSSR count). The summed E-state index contributed by atoms with van der Waals surface area (Å²) in [6, 6.07) is 11.7. The van der Waals surface area contributed by atoms with Gasteiger partial charge in [0.05, 0.1) is 34.5 Å². The van der Waals surface area contributed by atoms with Crippen LogP contribution >= 0.6 is 0 Å². The van der Waals surface area contributed by atoms with Crippen LogP contribution in [-0.2, 0) is 12.8 Å². The van der Waals surface area contributed by atoms with Gasteiger partial charge < -0.3 is 24.1 Å². The van der Waals surface area contributed by atoms with Crippen molar-refractivity contribution in [1.82, 2.24) is 0 Å². The van der Waals surface area contributed by atoms with Crippen LogP contribution in [-0.4, -0.2) is 39.6 Å². The van der Waals surface area contributed by atoms with Crippen LogP contribution in [0.5, 0.6) is 23.0 Å². The van der Waals surface area contributed by atoms with E-state index in [9.17, 15) is 5.11 Å². The third-order valence-electron chi connectivity index (χ3n) is 4.43. The summed E-state index contributed by atoms with van der Waals surface area (Å²) in [4.78, 5) is 0. The van der Waals surface area contributed by atoms with E-state index in [1.54, 1.807) is 28.4 Å². The second kappa shape index (κ2) is 12.9. The van der Waals surface area contributed by atoms with Crippen molar-refractivity contribution in [3.63, 3.8) is 0 Å². The summed E-state index contributed by atoms with van der Waals surface area (Å²) in [5.74, 6) is 2.85. The van der Waals surface area contributed by atoms with Crippen molar-refractivity contribution in [3.8, 4) is 23.0 Å². The standard InChI is InChI=1S/C21H28O5.C2H6/c1-23-18-11-7-15(13-20(18)25-3)5-9-17(22)10-6-16-8-12-19(24-2)21(14-16)26-4;1-2/h7-8,11-14,17,22H,5-6,9-10H2,1-4H3;1-2H3. The molecule has 0 aliphatic heterocycles. The van der Waals surface area contributed by atoms with Crippen LogP contribution in [0, 0.1) is 0 Å². The topological polar surface area (TPSA) is 57.2 Å². The third kappa shape index (κ3) is 6.97. The number of rotatable bonds is 10. The zero-order valence-electron chi connectivity index (χ0n) is 18.0. The summed E-state index contributed by atoms with van der Waals surface area (Å²) >= 11 is 0. The van der Waals surface area contributed by atoms with Gasteiger partial charge in [-0.15, -0.1) is 0 Å². The van der Waals surface area contributed by atoms with Gasteiger partial charge in [0.25, 0.3) is 0 Å². The van der Waals surface area contributed by atoms with E-state index in [0.717, 1.165) is 24.0 Å². The number of aliphatic hydroxyl groups excluding tert-OH is 1. The summed E-state index contributed by atoms with van der Waals surface area (Å²) in [5, 5.41) is 10.3. The lowest BCUT2D eigenvalue weighted by Crippen LogP contribution is -2.09. The number of methoxy groups -OCH3 is 4. The van der Waals surface area contributed by atoms with Gasteiger partial charge in [-0.05, 0) is 61.1 Å². The van der Waals surface area contributed by atoms with Gasteiger partial charge in [-0.2, -0.15) is 0 Å². The van der Waals surface area contributed by atoms with Crippen LogP contribution in [0.1, 0.15) is 37.8 Å². The molecule has 0 radical (unpaired) electrons. The van der Waals surface area contributed by atoms with Crippen LogP contribution in [0.25, 0.3) is 0 Å². The molecule has 2 aromatic carbocycles. The Hall–Kier alpha value is -2.40. The molecular weight excluding hydrogens is 356 g/mol. The Morgan fingerprint density at radius 3 is 1.32 bits per heavy atom. The molecule has 0 aliphatic rings. The van der Waals surface area contributed by atoms with Crippen LogP contribution in [0.3, 0.4) is 0 Å². The van der Waals surface area contributed by atoms with E-state index in [2.05, 4.69) is 0 Å². The van der Waals surface area contributed by atoms with Gasteiger partial charge in [0.2, 0.25) is 0 Å². The molecule has 0 saturated carbocycles. The van der Waals surface area contributed by atoms with E-state index in [4.69, 9.17) is 18.9 Å². The first-order valence-electron chi connectivity index (χ1n) is 9.71. The van der Waals surface area contributed by atoms with Crippen molar-refractivity contribution >= 4 is 0 Å². The molecule has 0 atom stereocenters. The Morgan fingerprint density at radius 1 is 0.643 bits per heavy atom. The van der Waals surface area contributed by atoms with Crippen molar-refractivity contribution in [1.29, 1.82) is 0 Å². The fourth-order valence-electron chi connectivity index (χ4n) is 2.88. The molecule has 28 heavy (non-hydrogen) atoms. The minimum Gasteiger partial charge on any atom is -0.493 e. The van der Waals surface area contributed by atoms with E-state index in [1.165, 1.54) is 0 Å². The van der Waals surface area contributed by atoms with E-state index in [-0.39, 0.29) is 6.10 Å². The predicted molar refractivity (Wildman–Crippen MR) is 113 cm³/mol. The van der Waals surface area contributed by atoms with E-state index >= 15 is 0 Å². The lowest BCUT2D eigenvalue weighted by atomic mass is 10.0. The molecule has 0 aliphatic carbocycles. The number of ether oxygens (including phenoxy) is 4. The summed E-state index contributed by atoms with van der Waals surface area (Å²) < 4.78 is 21.1. The molecular formula is C23H34O5. The molecule has 0 aromatic heterocycles. The number of aryl methyl sites for hydroxylation is 2.